The Morgan fingerprint density at radius 1 is 1.14 bits per heavy atom. The highest BCUT2D eigenvalue weighted by atomic mass is 79.9. The first-order valence-electron chi connectivity index (χ1n) is 5.65. The summed E-state index contributed by atoms with van der Waals surface area (Å²) in [5.41, 5.74) is 0.129. The number of hydrogen-bond donors (Lipinski definition) is 1. The zero-order chi connectivity index (χ0) is 15.6. The number of sulfonamides is 1. The molecule has 0 heterocycles. The molecule has 0 aliphatic carbocycles. The molecule has 0 amide bonds. The van der Waals surface area contributed by atoms with E-state index in [1.807, 2.05) is 0 Å². The molecule has 2 aromatic carbocycles. The number of anilines is 1. The first-order valence-corrected chi connectivity index (χ1v) is 7.92. The zero-order valence-corrected chi connectivity index (χ0v) is 13.1. The van der Waals surface area contributed by atoms with Crippen LogP contribution >= 0.6 is 15.9 Å². The van der Waals surface area contributed by atoms with Gasteiger partial charge in [0, 0.05) is 10.5 Å². The molecule has 21 heavy (non-hydrogen) atoms. The van der Waals surface area contributed by atoms with Crippen LogP contribution in [0.25, 0.3) is 0 Å². The maximum atomic E-state index is 13.3. The highest BCUT2D eigenvalue weighted by molar-refractivity contribution is 9.10. The number of methoxy groups -OCH3 is 1. The monoisotopic (exact) mass is 377 g/mol. The van der Waals surface area contributed by atoms with Crippen LogP contribution in [0.3, 0.4) is 0 Å². The number of nitrogens with one attached hydrogen (secondary N) is 1. The van der Waals surface area contributed by atoms with Gasteiger partial charge >= 0.3 is 0 Å². The van der Waals surface area contributed by atoms with E-state index in [0.717, 1.165) is 24.3 Å². The summed E-state index contributed by atoms with van der Waals surface area (Å²) in [5.74, 6) is -1.26. The highest BCUT2D eigenvalue weighted by Gasteiger charge is 2.19. The van der Waals surface area contributed by atoms with E-state index in [9.17, 15) is 17.2 Å². The Morgan fingerprint density at radius 2 is 1.86 bits per heavy atom. The lowest BCUT2D eigenvalue weighted by Crippen LogP contribution is -2.13. The second-order valence-corrected chi connectivity index (χ2v) is 6.53. The molecule has 0 unspecified atom stereocenters. The molecule has 0 saturated carbocycles. The predicted octanol–water partition coefficient (Wildman–Crippen LogP) is 3.54. The van der Waals surface area contributed by atoms with Gasteiger partial charge in [-0.05, 0) is 46.3 Å². The van der Waals surface area contributed by atoms with Gasteiger partial charge in [-0.3, -0.25) is 4.72 Å². The molecular weight excluding hydrogens is 368 g/mol. The molecule has 0 saturated heterocycles. The van der Waals surface area contributed by atoms with Crippen LogP contribution < -0.4 is 9.46 Å². The van der Waals surface area contributed by atoms with Crippen molar-refractivity contribution in [2.24, 2.45) is 0 Å². The largest absolute Gasteiger partial charge is 0.494 e. The summed E-state index contributed by atoms with van der Waals surface area (Å²) < 4.78 is 57.9. The van der Waals surface area contributed by atoms with Gasteiger partial charge in [0.1, 0.15) is 10.7 Å². The maximum absolute atomic E-state index is 13.3. The Bertz CT molecular complexity index is 781. The van der Waals surface area contributed by atoms with Crippen molar-refractivity contribution in [3.63, 3.8) is 0 Å². The van der Waals surface area contributed by atoms with E-state index < -0.39 is 21.7 Å². The quantitative estimate of drug-likeness (QED) is 0.886. The van der Waals surface area contributed by atoms with Gasteiger partial charge in [-0.25, -0.2) is 17.2 Å². The Kier molecular flexibility index (Phi) is 4.48. The second-order valence-electron chi connectivity index (χ2n) is 4.03. The third-order valence-corrected chi connectivity index (χ3v) is 4.94. The van der Waals surface area contributed by atoms with Crippen LogP contribution in [0.15, 0.2) is 45.8 Å². The molecule has 2 rings (SSSR count). The number of ether oxygens (including phenoxy) is 1. The van der Waals surface area contributed by atoms with E-state index in [1.54, 1.807) is 0 Å². The third-order valence-electron chi connectivity index (χ3n) is 2.59. The van der Waals surface area contributed by atoms with Crippen LogP contribution in [-0.2, 0) is 10.0 Å². The molecule has 0 bridgehead atoms. The van der Waals surface area contributed by atoms with E-state index in [-0.39, 0.29) is 20.8 Å². The summed E-state index contributed by atoms with van der Waals surface area (Å²) >= 11 is 2.99. The van der Waals surface area contributed by atoms with Gasteiger partial charge in [-0.1, -0.05) is 0 Å². The Hall–Kier alpha value is -1.67. The number of rotatable bonds is 4. The fourth-order valence-corrected chi connectivity index (χ4v) is 3.73. The van der Waals surface area contributed by atoms with Gasteiger partial charge in [0.15, 0.2) is 11.6 Å². The molecule has 0 radical (unpaired) electrons. The standard InChI is InChI=1S/C13H10BrF2NO3S/c1-20-12-7-9(3-4-11(12)16)17-21(18,19)13-5-2-8(15)6-10(13)14/h2-7,17H,1H3. The Labute approximate surface area is 128 Å². The van der Waals surface area contributed by atoms with Crippen molar-refractivity contribution in [2.75, 3.05) is 11.8 Å². The van der Waals surface area contributed by atoms with Gasteiger partial charge in [-0.15, -0.1) is 0 Å². The molecule has 4 nitrogen and oxygen atoms in total. The molecule has 0 aliphatic rings. The van der Waals surface area contributed by atoms with E-state index >= 15 is 0 Å². The molecule has 0 spiro atoms. The van der Waals surface area contributed by atoms with Gasteiger partial charge in [0.05, 0.1) is 12.8 Å². The van der Waals surface area contributed by atoms with Crippen LogP contribution in [0.1, 0.15) is 0 Å². The van der Waals surface area contributed by atoms with E-state index in [0.29, 0.717) is 0 Å². The summed E-state index contributed by atoms with van der Waals surface area (Å²) in [4.78, 5) is -0.132. The van der Waals surface area contributed by atoms with Crippen LogP contribution in [0, 0.1) is 11.6 Å². The van der Waals surface area contributed by atoms with Crippen LogP contribution in [0.5, 0.6) is 5.75 Å². The minimum atomic E-state index is -3.94. The lowest BCUT2D eigenvalue weighted by Gasteiger charge is -2.11. The first kappa shape index (κ1) is 15.7. The molecule has 8 heteroatoms. The normalized spacial score (nSPS) is 11.2. The topological polar surface area (TPSA) is 55.4 Å². The molecule has 112 valence electrons. The smallest absolute Gasteiger partial charge is 0.263 e. The van der Waals surface area contributed by atoms with Crippen LogP contribution in [0.4, 0.5) is 14.5 Å². The third kappa shape index (κ3) is 3.51. The summed E-state index contributed by atoms with van der Waals surface area (Å²) in [7, 11) is -2.67. The van der Waals surface area contributed by atoms with E-state index in [1.165, 1.54) is 19.2 Å². The zero-order valence-electron chi connectivity index (χ0n) is 10.7. The molecule has 0 aliphatic heterocycles. The molecule has 0 aromatic heterocycles. The summed E-state index contributed by atoms with van der Waals surface area (Å²) in [6, 6.07) is 6.75. The summed E-state index contributed by atoms with van der Waals surface area (Å²) in [6.45, 7) is 0. The molecule has 2 aromatic rings. The number of hydrogen-bond acceptors (Lipinski definition) is 3. The average molecular weight is 378 g/mol. The minimum absolute atomic E-state index is 0.0871. The Morgan fingerprint density at radius 3 is 2.48 bits per heavy atom. The highest BCUT2D eigenvalue weighted by Crippen LogP contribution is 2.27. The van der Waals surface area contributed by atoms with Gasteiger partial charge in [-0.2, -0.15) is 0 Å². The first-order chi connectivity index (χ1) is 9.83. The molecular formula is C13H10BrF2NO3S. The predicted molar refractivity (Wildman–Crippen MR) is 77.9 cm³/mol. The van der Waals surface area contributed by atoms with Crippen molar-refractivity contribution >= 4 is 31.6 Å². The van der Waals surface area contributed by atoms with Gasteiger partial charge in [0.2, 0.25) is 0 Å². The van der Waals surface area contributed by atoms with Crippen molar-refractivity contribution < 1.29 is 21.9 Å². The fraction of sp³-hybridized carbons (Fsp3) is 0.0769. The van der Waals surface area contributed by atoms with Gasteiger partial charge in [0.25, 0.3) is 10.0 Å². The number of halogens is 3. The van der Waals surface area contributed by atoms with E-state index in [4.69, 9.17) is 4.74 Å². The minimum Gasteiger partial charge on any atom is -0.494 e. The SMILES string of the molecule is COc1cc(NS(=O)(=O)c2ccc(F)cc2Br)ccc1F. The lowest BCUT2D eigenvalue weighted by atomic mass is 10.3. The van der Waals surface area contributed by atoms with Crippen LogP contribution in [-0.4, -0.2) is 15.5 Å². The van der Waals surface area contributed by atoms with E-state index in [2.05, 4.69) is 20.7 Å². The maximum Gasteiger partial charge on any atom is 0.263 e. The van der Waals surface area contributed by atoms with Crippen LogP contribution in [0.2, 0.25) is 0 Å². The van der Waals surface area contributed by atoms with Crippen molar-refractivity contribution in [1.82, 2.24) is 0 Å². The summed E-state index contributed by atoms with van der Waals surface area (Å²) in [5, 5.41) is 0. The van der Waals surface area contributed by atoms with Crippen molar-refractivity contribution in [1.29, 1.82) is 0 Å². The van der Waals surface area contributed by atoms with Gasteiger partial charge < -0.3 is 4.74 Å². The molecule has 0 atom stereocenters. The second kappa shape index (κ2) is 5.98. The van der Waals surface area contributed by atoms with Crippen molar-refractivity contribution in [2.45, 2.75) is 4.90 Å². The van der Waals surface area contributed by atoms with Crippen molar-refractivity contribution in [3.05, 3.63) is 52.5 Å². The van der Waals surface area contributed by atoms with Crippen molar-refractivity contribution in [3.8, 4) is 5.75 Å². The average Bonchev–Trinajstić information content (AvgIpc) is 2.40. The summed E-state index contributed by atoms with van der Waals surface area (Å²) in [6.07, 6.45) is 0. The Balaban J connectivity index is 2.37. The molecule has 0 fully saturated rings. The fourth-order valence-electron chi connectivity index (χ4n) is 1.63. The molecule has 1 N–H and O–H groups in total. The number of benzene rings is 2. The lowest BCUT2D eigenvalue weighted by molar-refractivity contribution is 0.387.